The molecule has 0 saturated heterocycles. The third kappa shape index (κ3) is 1.33. The maximum Gasteiger partial charge on any atom is 0.0475 e. The van der Waals surface area contributed by atoms with Crippen molar-refractivity contribution in [1.29, 1.82) is 0 Å². The monoisotopic (exact) mass is 212 g/mol. The molecule has 1 aliphatic rings. The zero-order chi connectivity index (χ0) is 11.1. The normalized spacial score (nSPS) is 13.6. The lowest BCUT2D eigenvalue weighted by atomic mass is 10.1. The Kier molecular flexibility index (Phi) is 2.03. The van der Waals surface area contributed by atoms with Gasteiger partial charge in [-0.25, -0.2) is 0 Å². The highest BCUT2D eigenvalue weighted by molar-refractivity contribution is 5.61. The van der Waals surface area contributed by atoms with Crippen LogP contribution in [0.15, 0.2) is 30.3 Å². The first-order valence-corrected chi connectivity index (χ1v) is 5.78. The van der Waals surface area contributed by atoms with Crippen LogP contribution in [0.2, 0.25) is 0 Å². The van der Waals surface area contributed by atoms with Crippen molar-refractivity contribution in [3.05, 3.63) is 47.3 Å². The van der Waals surface area contributed by atoms with Crippen molar-refractivity contribution in [3.63, 3.8) is 0 Å². The topological polar surface area (TPSA) is 17.0 Å². The van der Waals surface area contributed by atoms with Crippen molar-refractivity contribution in [1.82, 2.24) is 4.57 Å². The van der Waals surface area contributed by atoms with E-state index in [0.717, 1.165) is 13.0 Å². The van der Waals surface area contributed by atoms with Gasteiger partial charge in [0.2, 0.25) is 0 Å². The molecule has 1 aliphatic heterocycles. The molecule has 0 spiro atoms. The van der Waals surface area contributed by atoms with Crippen LogP contribution in [0.5, 0.6) is 0 Å². The zero-order valence-corrected chi connectivity index (χ0v) is 9.75. The van der Waals surface area contributed by atoms with Gasteiger partial charge in [0.15, 0.2) is 0 Å². The summed E-state index contributed by atoms with van der Waals surface area (Å²) in [5.74, 6) is 0. The Labute approximate surface area is 95.9 Å². The Morgan fingerprint density at radius 1 is 1.06 bits per heavy atom. The molecular formula is C14H16N2. The summed E-state index contributed by atoms with van der Waals surface area (Å²) < 4.78 is 2.29. The van der Waals surface area contributed by atoms with E-state index in [1.165, 1.54) is 28.3 Å². The first-order chi connectivity index (χ1) is 7.75. The molecule has 1 aromatic heterocycles. The molecule has 1 aromatic carbocycles. The Morgan fingerprint density at radius 2 is 1.81 bits per heavy atom. The van der Waals surface area contributed by atoms with Gasteiger partial charge in [0.05, 0.1) is 0 Å². The van der Waals surface area contributed by atoms with E-state index < -0.39 is 0 Å². The fourth-order valence-corrected chi connectivity index (χ4v) is 2.49. The number of anilines is 1. The fourth-order valence-electron chi connectivity index (χ4n) is 2.49. The molecule has 3 rings (SSSR count). The smallest absolute Gasteiger partial charge is 0.0475 e. The predicted octanol–water partition coefficient (Wildman–Crippen LogP) is 3.06. The quantitative estimate of drug-likeness (QED) is 0.768. The van der Waals surface area contributed by atoms with Crippen LogP contribution in [0.3, 0.4) is 0 Å². The van der Waals surface area contributed by atoms with Crippen LogP contribution in [0.4, 0.5) is 5.69 Å². The molecule has 0 aliphatic carbocycles. The van der Waals surface area contributed by atoms with E-state index in [4.69, 9.17) is 0 Å². The summed E-state index contributed by atoms with van der Waals surface area (Å²) in [5, 5.41) is 3.43. The van der Waals surface area contributed by atoms with E-state index >= 15 is 0 Å². The van der Waals surface area contributed by atoms with Crippen molar-refractivity contribution in [2.75, 3.05) is 11.9 Å². The molecular weight excluding hydrogens is 196 g/mol. The number of nitrogens with zero attached hydrogens (tertiary/aromatic N) is 1. The number of aromatic nitrogens is 1. The largest absolute Gasteiger partial charge is 0.384 e. The van der Waals surface area contributed by atoms with Gasteiger partial charge < -0.3 is 9.88 Å². The highest BCUT2D eigenvalue weighted by Gasteiger charge is 2.11. The van der Waals surface area contributed by atoms with E-state index in [0.29, 0.717) is 0 Å². The second-order valence-corrected chi connectivity index (χ2v) is 4.47. The third-order valence-electron chi connectivity index (χ3n) is 3.33. The Bertz CT molecular complexity index is 518. The fraction of sp³-hybridized carbons (Fsp3) is 0.286. The van der Waals surface area contributed by atoms with Gasteiger partial charge in [-0.3, -0.25) is 0 Å². The van der Waals surface area contributed by atoms with Gasteiger partial charge in [-0.05, 0) is 50.1 Å². The van der Waals surface area contributed by atoms with E-state index in [-0.39, 0.29) is 0 Å². The minimum absolute atomic E-state index is 1.07. The number of benzene rings is 1. The molecule has 0 unspecified atom stereocenters. The second-order valence-electron chi connectivity index (χ2n) is 4.47. The number of fused-ring (bicyclic) bond motifs is 1. The molecule has 82 valence electrons. The van der Waals surface area contributed by atoms with E-state index in [1.807, 2.05) is 0 Å². The highest BCUT2D eigenvalue weighted by Crippen LogP contribution is 2.26. The van der Waals surface area contributed by atoms with Crippen molar-refractivity contribution in [2.45, 2.75) is 20.3 Å². The molecule has 2 heteroatoms. The lowest BCUT2D eigenvalue weighted by molar-refractivity contribution is 0.966. The maximum atomic E-state index is 3.43. The molecule has 0 atom stereocenters. The number of rotatable bonds is 1. The zero-order valence-electron chi connectivity index (χ0n) is 9.75. The van der Waals surface area contributed by atoms with Crippen molar-refractivity contribution in [2.24, 2.45) is 0 Å². The molecule has 16 heavy (non-hydrogen) atoms. The lowest BCUT2D eigenvalue weighted by Crippen LogP contribution is -1.99. The Hall–Kier alpha value is -1.70. The van der Waals surface area contributed by atoms with Gasteiger partial charge in [0, 0.05) is 29.3 Å². The van der Waals surface area contributed by atoms with E-state index in [2.05, 4.69) is 54.1 Å². The van der Waals surface area contributed by atoms with Crippen LogP contribution in [0, 0.1) is 13.8 Å². The van der Waals surface area contributed by atoms with Crippen LogP contribution in [-0.4, -0.2) is 11.1 Å². The first kappa shape index (κ1) is 9.52. The third-order valence-corrected chi connectivity index (χ3v) is 3.33. The number of hydrogen-bond acceptors (Lipinski definition) is 1. The summed E-state index contributed by atoms with van der Waals surface area (Å²) in [7, 11) is 0. The van der Waals surface area contributed by atoms with Crippen molar-refractivity contribution in [3.8, 4) is 5.69 Å². The molecule has 2 aromatic rings. The summed E-state index contributed by atoms with van der Waals surface area (Å²) in [4.78, 5) is 0. The highest BCUT2D eigenvalue weighted by atomic mass is 15.0. The minimum Gasteiger partial charge on any atom is -0.384 e. The van der Waals surface area contributed by atoms with Crippen LogP contribution < -0.4 is 5.32 Å². The van der Waals surface area contributed by atoms with Crippen LogP contribution in [-0.2, 0) is 6.42 Å². The summed E-state index contributed by atoms with van der Waals surface area (Å²) in [6, 6.07) is 11.0. The second kappa shape index (κ2) is 3.41. The summed E-state index contributed by atoms with van der Waals surface area (Å²) in [6.07, 6.45) is 1.15. The van der Waals surface area contributed by atoms with Crippen LogP contribution in [0.25, 0.3) is 5.69 Å². The first-order valence-electron chi connectivity index (χ1n) is 5.78. The molecule has 0 radical (unpaired) electrons. The van der Waals surface area contributed by atoms with Gasteiger partial charge in [0.25, 0.3) is 0 Å². The number of nitrogens with one attached hydrogen (secondary N) is 1. The van der Waals surface area contributed by atoms with Gasteiger partial charge in [-0.15, -0.1) is 0 Å². The minimum atomic E-state index is 1.07. The Morgan fingerprint density at radius 3 is 2.56 bits per heavy atom. The molecule has 0 amide bonds. The molecule has 0 fully saturated rings. The van der Waals surface area contributed by atoms with E-state index in [9.17, 15) is 0 Å². The van der Waals surface area contributed by atoms with Crippen LogP contribution >= 0.6 is 0 Å². The number of hydrogen-bond donors (Lipinski definition) is 1. The van der Waals surface area contributed by atoms with Gasteiger partial charge in [0.1, 0.15) is 0 Å². The standard InChI is InChI=1S/C14H16N2/c1-10-3-4-11(2)16(10)13-6-5-12-7-8-15-14(12)9-13/h3-6,9,15H,7-8H2,1-2H3. The summed E-state index contributed by atoms with van der Waals surface area (Å²) in [6.45, 7) is 5.36. The Balaban J connectivity index is 2.14. The predicted molar refractivity (Wildman–Crippen MR) is 67.4 cm³/mol. The molecule has 1 N–H and O–H groups in total. The average Bonchev–Trinajstić information content (AvgIpc) is 2.85. The van der Waals surface area contributed by atoms with Crippen LogP contribution in [0.1, 0.15) is 17.0 Å². The molecule has 0 saturated carbocycles. The van der Waals surface area contributed by atoms with Gasteiger partial charge >= 0.3 is 0 Å². The van der Waals surface area contributed by atoms with Gasteiger partial charge in [-0.1, -0.05) is 6.07 Å². The average molecular weight is 212 g/mol. The maximum absolute atomic E-state index is 3.43. The van der Waals surface area contributed by atoms with Crippen molar-refractivity contribution < 1.29 is 0 Å². The van der Waals surface area contributed by atoms with Gasteiger partial charge in [-0.2, -0.15) is 0 Å². The summed E-state index contributed by atoms with van der Waals surface area (Å²) in [5.41, 5.74) is 6.57. The lowest BCUT2D eigenvalue weighted by Gasteiger charge is -2.11. The van der Waals surface area contributed by atoms with E-state index in [1.54, 1.807) is 0 Å². The summed E-state index contributed by atoms with van der Waals surface area (Å²) >= 11 is 0. The molecule has 2 nitrogen and oxygen atoms in total. The molecule has 0 bridgehead atoms. The number of aryl methyl sites for hydroxylation is 2. The SMILES string of the molecule is Cc1ccc(C)n1-c1ccc2c(c1)NCC2. The molecule has 2 heterocycles. The van der Waals surface area contributed by atoms with Crippen molar-refractivity contribution >= 4 is 5.69 Å².